The normalized spacial score (nSPS) is 25.2. The molecule has 0 heterocycles. The Bertz CT molecular complexity index is 294. The van der Waals surface area contributed by atoms with Crippen LogP contribution in [0.25, 0.3) is 0 Å². The van der Waals surface area contributed by atoms with Crippen LogP contribution in [-0.4, -0.2) is 29.2 Å². The maximum Gasteiger partial charge on any atom is 0.326 e. The first-order valence-electron chi connectivity index (χ1n) is 6.82. The molecule has 0 bridgehead atoms. The summed E-state index contributed by atoms with van der Waals surface area (Å²) in [5.74, 6) is -0.334. The van der Waals surface area contributed by atoms with Crippen LogP contribution in [0.4, 0.5) is 4.79 Å². The summed E-state index contributed by atoms with van der Waals surface area (Å²) >= 11 is 0. The van der Waals surface area contributed by atoms with Crippen LogP contribution in [0, 0.1) is 5.92 Å². The van der Waals surface area contributed by atoms with Gasteiger partial charge in [-0.15, -0.1) is 0 Å². The van der Waals surface area contributed by atoms with Crippen molar-refractivity contribution in [1.29, 1.82) is 0 Å². The number of urea groups is 1. The van der Waals surface area contributed by atoms with Crippen molar-refractivity contribution < 1.29 is 14.7 Å². The molecular formula is C13H24N2O3. The van der Waals surface area contributed by atoms with E-state index in [4.69, 9.17) is 5.11 Å². The van der Waals surface area contributed by atoms with Crippen molar-refractivity contribution in [3.63, 3.8) is 0 Å². The maximum atomic E-state index is 11.7. The summed E-state index contributed by atoms with van der Waals surface area (Å²) in [6, 6.07) is -0.948. The summed E-state index contributed by atoms with van der Waals surface area (Å²) < 4.78 is 0. The molecule has 0 spiro atoms. The van der Waals surface area contributed by atoms with E-state index in [2.05, 4.69) is 17.6 Å². The summed E-state index contributed by atoms with van der Waals surface area (Å²) in [7, 11) is 0. The van der Waals surface area contributed by atoms with Crippen molar-refractivity contribution in [2.45, 2.75) is 64.5 Å². The summed E-state index contributed by atoms with van der Waals surface area (Å²) in [6.07, 6.45) is 5.51. The van der Waals surface area contributed by atoms with Gasteiger partial charge in [-0.2, -0.15) is 0 Å². The van der Waals surface area contributed by atoms with Gasteiger partial charge in [0.05, 0.1) is 0 Å². The second-order valence-electron chi connectivity index (χ2n) is 5.27. The van der Waals surface area contributed by atoms with Gasteiger partial charge in [0, 0.05) is 6.04 Å². The van der Waals surface area contributed by atoms with Gasteiger partial charge in [0.15, 0.2) is 0 Å². The van der Waals surface area contributed by atoms with Crippen molar-refractivity contribution >= 4 is 12.0 Å². The second kappa shape index (κ2) is 7.24. The van der Waals surface area contributed by atoms with Gasteiger partial charge in [-0.3, -0.25) is 0 Å². The average Bonchev–Trinajstić information content (AvgIpc) is 2.28. The van der Waals surface area contributed by atoms with Crippen LogP contribution in [-0.2, 0) is 4.79 Å². The first-order valence-corrected chi connectivity index (χ1v) is 6.82. The highest BCUT2D eigenvalue weighted by Gasteiger charge is 2.23. The molecule has 1 fully saturated rings. The van der Waals surface area contributed by atoms with Crippen LogP contribution in [0.2, 0.25) is 0 Å². The lowest BCUT2D eigenvalue weighted by atomic mass is 9.87. The molecule has 3 atom stereocenters. The van der Waals surface area contributed by atoms with Crippen molar-refractivity contribution in [2.75, 3.05) is 0 Å². The largest absolute Gasteiger partial charge is 0.480 e. The van der Waals surface area contributed by atoms with E-state index in [-0.39, 0.29) is 12.1 Å². The zero-order chi connectivity index (χ0) is 13.5. The van der Waals surface area contributed by atoms with Gasteiger partial charge in [-0.25, -0.2) is 9.59 Å². The third kappa shape index (κ3) is 4.94. The third-order valence-corrected chi connectivity index (χ3v) is 3.45. The van der Waals surface area contributed by atoms with Gasteiger partial charge in [0.25, 0.3) is 0 Å². The number of aliphatic carboxylic acids is 1. The van der Waals surface area contributed by atoms with Crippen LogP contribution in [0.1, 0.15) is 52.4 Å². The predicted molar refractivity (Wildman–Crippen MR) is 69.4 cm³/mol. The molecule has 0 aromatic heterocycles. The Labute approximate surface area is 108 Å². The van der Waals surface area contributed by atoms with Crippen LogP contribution in [0.3, 0.4) is 0 Å². The van der Waals surface area contributed by atoms with Gasteiger partial charge in [0.1, 0.15) is 6.04 Å². The molecule has 1 saturated carbocycles. The molecule has 0 radical (unpaired) electrons. The van der Waals surface area contributed by atoms with E-state index < -0.39 is 12.0 Å². The van der Waals surface area contributed by atoms with Crippen molar-refractivity contribution in [1.82, 2.24) is 10.6 Å². The third-order valence-electron chi connectivity index (χ3n) is 3.45. The fourth-order valence-corrected chi connectivity index (χ4v) is 2.50. The highest BCUT2D eigenvalue weighted by atomic mass is 16.4. The highest BCUT2D eigenvalue weighted by Crippen LogP contribution is 2.23. The van der Waals surface area contributed by atoms with Gasteiger partial charge in [-0.05, 0) is 25.2 Å². The summed E-state index contributed by atoms with van der Waals surface area (Å²) in [5, 5.41) is 14.4. The number of rotatable bonds is 5. The molecule has 1 aliphatic carbocycles. The molecule has 0 saturated heterocycles. The van der Waals surface area contributed by atoms with E-state index in [0.717, 1.165) is 25.7 Å². The van der Waals surface area contributed by atoms with E-state index in [1.807, 2.05) is 6.92 Å². The van der Waals surface area contributed by atoms with E-state index in [9.17, 15) is 9.59 Å². The molecule has 18 heavy (non-hydrogen) atoms. The van der Waals surface area contributed by atoms with E-state index >= 15 is 0 Å². The minimum absolute atomic E-state index is 0.185. The molecule has 104 valence electrons. The van der Waals surface area contributed by atoms with E-state index in [1.165, 1.54) is 6.42 Å². The zero-order valence-electron chi connectivity index (χ0n) is 11.2. The predicted octanol–water partition coefficient (Wildman–Crippen LogP) is 2.12. The molecule has 0 aromatic rings. The van der Waals surface area contributed by atoms with Gasteiger partial charge in [0.2, 0.25) is 0 Å². The number of carboxylic acid groups (broad SMARTS) is 1. The quantitative estimate of drug-likeness (QED) is 0.705. The number of hydrogen-bond donors (Lipinski definition) is 3. The number of carbonyl (C=O) groups is 2. The van der Waals surface area contributed by atoms with Gasteiger partial charge < -0.3 is 15.7 Å². The Balaban J connectivity index is 2.37. The Morgan fingerprint density at radius 3 is 2.67 bits per heavy atom. The molecule has 3 N–H and O–H groups in total. The van der Waals surface area contributed by atoms with Crippen LogP contribution in [0.15, 0.2) is 0 Å². The van der Waals surface area contributed by atoms with E-state index in [0.29, 0.717) is 12.3 Å². The Morgan fingerprint density at radius 2 is 2.11 bits per heavy atom. The molecular weight excluding hydrogens is 232 g/mol. The fourth-order valence-electron chi connectivity index (χ4n) is 2.50. The second-order valence-corrected chi connectivity index (χ2v) is 5.27. The van der Waals surface area contributed by atoms with Crippen molar-refractivity contribution in [3.05, 3.63) is 0 Å². The van der Waals surface area contributed by atoms with Crippen molar-refractivity contribution in [2.24, 2.45) is 5.92 Å². The Kier molecular flexibility index (Phi) is 5.95. The number of carbonyl (C=O) groups excluding carboxylic acids is 1. The van der Waals surface area contributed by atoms with Gasteiger partial charge >= 0.3 is 12.0 Å². The van der Waals surface area contributed by atoms with E-state index in [1.54, 1.807) is 0 Å². The molecule has 1 aliphatic rings. The molecule has 2 amide bonds. The lowest BCUT2D eigenvalue weighted by Crippen LogP contribution is -2.49. The van der Waals surface area contributed by atoms with Crippen LogP contribution in [0.5, 0.6) is 0 Å². The molecule has 0 aromatic carbocycles. The topological polar surface area (TPSA) is 78.4 Å². The maximum absolute atomic E-state index is 11.7. The zero-order valence-corrected chi connectivity index (χ0v) is 11.2. The molecule has 0 aliphatic heterocycles. The van der Waals surface area contributed by atoms with Crippen LogP contribution >= 0.6 is 0 Å². The Hall–Kier alpha value is -1.26. The molecule has 3 unspecified atom stereocenters. The number of carboxylic acids is 1. The minimum Gasteiger partial charge on any atom is -0.480 e. The smallest absolute Gasteiger partial charge is 0.326 e. The average molecular weight is 256 g/mol. The number of amides is 2. The first kappa shape index (κ1) is 14.8. The summed E-state index contributed by atoms with van der Waals surface area (Å²) in [6.45, 7) is 4.08. The highest BCUT2D eigenvalue weighted by molar-refractivity contribution is 5.82. The van der Waals surface area contributed by atoms with Crippen molar-refractivity contribution in [3.8, 4) is 0 Å². The lowest BCUT2D eigenvalue weighted by molar-refractivity contribution is -0.139. The first-order chi connectivity index (χ1) is 8.52. The fraction of sp³-hybridized carbons (Fsp3) is 0.846. The Morgan fingerprint density at radius 1 is 1.39 bits per heavy atom. The van der Waals surface area contributed by atoms with Gasteiger partial charge in [-0.1, -0.05) is 33.1 Å². The molecule has 5 nitrogen and oxygen atoms in total. The lowest BCUT2D eigenvalue weighted by Gasteiger charge is -2.28. The summed E-state index contributed by atoms with van der Waals surface area (Å²) in [5.41, 5.74) is 0. The number of hydrogen-bond acceptors (Lipinski definition) is 2. The van der Waals surface area contributed by atoms with Crippen LogP contribution < -0.4 is 10.6 Å². The monoisotopic (exact) mass is 256 g/mol. The number of nitrogens with one attached hydrogen (secondary N) is 2. The molecule has 1 rings (SSSR count). The SMILES string of the molecule is CCCC(NC(=O)NC1CCCC(C)C1)C(=O)O. The summed E-state index contributed by atoms with van der Waals surface area (Å²) in [4.78, 5) is 22.6. The minimum atomic E-state index is -0.969. The molecule has 5 heteroatoms. The standard InChI is InChI=1S/C13H24N2O3/c1-3-5-11(12(16)17)15-13(18)14-10-7-4-6-9(2)8-10/h9-11H,3-8H2,1-2H3,(H,16,17)(H2,14,15,18).